The molecule has 0 radical (unpaired) electrons. The average molecular weight is 297 g/mol. The smallest absolute Gasteiger partial charge is 0.348 e. The number of ether oxygens (including phenoxy) is 1. The largest absolute Gasteiger partial charge is 0.465 e. The standard InChI is InChI=1S/C12H9BrO2S/c1-15-12(14)10-7-9(13)11(16-10)8-5-3-2-4-6-8/h2-7H,1H3. The van der Waals surface area contributed by atoms with E-state index in [9.17, 15) is 4.79 Å². The molecule has 0 saturated carbocycles. The lowest BCUT2D eigenvalue weighted by molar-refractivity contribution is 0.0606. The van der Waals surface area contributed by atoms with Crippen LogP contribution in [0.4, 0.5) is 0 Å². The van der Waals surface area contributed by atoms with Crippen LogP contribution in [0, 0.1) is 0 Å². The van der Waals surface area contributed by atoms with Gasteiger partial charge in [0.15, 0.2) is 0 Å². The molecular formula is C12H9BrO2S. The third-order valence-electron chi connectivity index (χ3n) is 2.11. The quantitative estimate of drug-likeness (QED) is 0.784. The predicted octanol–water partition coefficient (Wildman–Crippen LogP) is 3.96. The van der Waals surface area contributed by atoms with E-state index in [1.807, 2.05) is 30.3 Å². The van der Waals surface area contributed by atoms with Crippen molar-refractivity contribution in [3.63, 3.8) is 0 Å². The van der Waals surface area contributed by atoms with Gasteiger partial charge in [0.05, 0.1) is 7.11 Å². The number of benzene rings is 1. The highest BCUT2D eigenvalue weighted by Gasteiger charge is 2.14. The molecule has 0 spiro atoms. The van der Waals surface area contributed by atoms with Crippen LogP contribution in [0.5, 0.6) is 0 Å². The van der Waals surface area contributed by atoms with Crippen molar-refractivity contribution in [2.75, 3.05) is 7.11 Å². The topological polar surface area (TPSA) is 26.3 Å². The van der Waals surface area contributed by atoms with Gasteiger partial charge < -0.3 is 4.74 Å². The van der Waals surface area contributed by atoms with Gasteiger partial charge in [-0.3, -0.25) is 0 Å². The SMILES string of the molecule is COC(=O)c1cc(Br)c(-c2ccccc2)s1. The molecule has 2 nitrogen and oxygen atoms in total. The van der Waals surface area contributed by atoms with Crippen LogP contribution in [-0.2, 0) is 4.74 Å². The van der Waals surface area contributed by atoms with Crippen molar-refractivity contribution in [2.24, 2.45) is 0 Å². The molecule has 0 aliphatic rings. The Balaban J connectivity index is 2.44. The van der Waals surface area contributed by atoms with Crippen molar-refractivity contribution >= 4 is 33.2 Å². The molecule has 0 N–H and O–H groups in total. The lowest BCUT2D eigenvalue weighted by Crippen LogP contribution is -1.96. The number of halogens is 1. The van der Waals surface area contributed by atoms with Gasteiger partial charge in [-0.05, 0) is 27.6 Å². The lowest BCUT2D eigenvalue weighted by Gasteiger charge is -1.96. The first-order valence-electron chi connectivity index (χ1n) is 4.65. The fourth-order valence-corrected chi connectivity index (χ4v) is 3.18. The number of hydrogen-bond acceptors (Lipinski definition) is 3. The van der Waals surface area contributed by atoms with E-state index in [-0.39, 0.29) is 5.97 Å². The van der Waals surface area contributed by atoms with Crippen LogP contribution < -0.4 is 0 Å². The minimum Gasteiger partial charge on any atom is -0.465 e. The van der Waals surface area contributed by atoms with E-state index in [0.717, 1.165) is 14.9 Å². The van der Waals surface area contributed by atoms with Crippen molar-refractivity contribution in [1.82, 2.24) is 0 Å². The fraction of sp³-hybridized carbons (Fsp3) is 0.0833. The fourth-order valence-electron chi connectivity index (χ4n) is 1.36. The lowest BCUT2D eigenvalue weighted by atomic mass is 10.2. The van der Waals surface area contributed by atoms with Crippen molar-refractivity contribution in [2.45, 2.75) is 0 Å². The molecule has 2 rings (SSSR count). The van der Waals surface area contributed by atoms with Crippen molar-refractivity contribution in [1.29, 1.82) is 0 Å². The zero-order valence-electron chi connectivity index (χ0n) is 8.57. The zero-order chi connectivity index (χ0) is 11.5. The van der Waals surface area contributed by atoms with Crippen LogP contribution in [0.2, 0.25) is 0 Å². The van der Waals surface area contributed by atoms with Gasteiger partial charge in [0, 0.05) is 9.35 Å². The summed E-state index contributed by atoms with van der Waals surface area (Å²) in [5.41, 5.74) is 1.09. The molecule has 0 amide bonds. The summed E-state index contributed by atoms with van der Waals surface area (Å²) >= 11 is 4.88. The summed E-state index contributed by atoms with van der Waals surface area (Å²) in [5, 5.41) is 0. The summed E-state index contributed by atoms with van der Waals surface area (Å²) in [6.07, 6.45) is 0. The van der Waals surface area contributed by atoms with Gasteiger partial charge in [-0.15, -0.1) is 11.3 Å². The van der Waals surface area contributed by atoms with E-state index in [1.165, 1.54) is 18.4 Å². The average Bonchev–Trinajstić information content (AvgIpc) is 2.71. The summed E-state index contributed by atoms with van der Waals surface area (Å²) in [5.74, 6) is -0.298. The number of rotatable bonds is 2. The van der Waals surface area contributed by atoms with E-state index < -0.39 is 0 Å². The van der Waals surface area contributed by atoms with Crippen LogP contribution in [0.15, 0.2) is 40.9 Å². The van der Waals surface area contributed by atoms with Gasteiger partial charge in [0.2, 0.25) is 0 Å². The third kappa shape index (κ3) is 2.18. The van der Waals surface area contributed by atoms with Crippen LogP contribution in [0.25, 0.3) is 10.4 Å². The van der Waals surface area contributed by atoms with Crippen LogP contribution in [0.1, 0.15) is 9.67 Å². The molecular weight excluding hydrogens is 288 g/mol. The molecule has 2 aromatic rings. The zero-order valence-corrected chi connectivity index (χ0v) is 11.0. The number of methoxy groups -OCH3 is 1. The Morgan fingerprint density at radius 1 is 1.31 bits per heavy atom. The molecule has 1 heterocycles. The Bertz CT molecular complexity index is 505. The Morgan fingerprint density at radius 3 is 2.62 bits per heavy atom. The van der Waals surface area contributed by atoms with Crippen LogP contribution in [-0.4, -0.2) is 13.1 Å². The number of esters is 1. The van der Waals surface area contributed by atoms with Gasteiger partial charge in [0.25, 0.3) is 0 Å². The number of carbonyl (C=O) groups is 1. The molecule has 0 bridgehead atoms. The number of carbonyl (C=O) groups excluding carboxylic acids is 1. The maximum Gasteiger partial charge on any atom is 0.348 e. The van der Waals surface area contributed by atoms with E-state index in [2.05, 4.69) is 15.9 Å². The Morgan fingerprint density at radius 2 is 2.00 bits per heavy atom. The predicted molar refractivity (Wildman–Crippen MR) is 68.8 cm³/mol. The Hall–Kier alpha value is -1.13. The van der Waals surface area contributed by atoms with Crippen LogP contribution in [0.3, 0.4) is 0 Å². The minimum atomic E-state index is -0.298. The molecule has 82 valence electrons. The molecule has 1 aromatic carbocycles. The second kappa shape index (κ2) is 4.80. The molecule has 0 fully saturated rings. The number of thiophene rings is 1. The first-order valence-corrected chi connectivity index (χ1v) is 6.26. The first kappa shape index (κ1) is 11.4. The highest BCUT2D eigenvalue weighted by atomic mass is 79.9. The summed E-state index contributed by atoms with van der Waals surface area (Å²) in [7, 11) is 1.39. The summed E-state index contributed by atoms with van der Waals surface area (Å²) in [6, 6.07) is 11.7. The van der Waals surface area contributed by atoms with E-state index in [0.29, 0.717) is 4.88 Å². The highest BCUT2D eigenvalue weighted by molar-refractivity contribution is 9.10. The molecule has 4 heteroatoms. The van der Waals surface area contributed by atoms with Gasteiger partial charge >= 0.3 is 5.97 Å². The summed E-state index contributed by atoms with van der Waals surface area (Å²) in [6.45, 7) is 0. The van der Waals surface area contributed by atoms with Crippen LogP contribution >= 0.6 is 27.3 Å². The Labute approximate surface area is 106 Å². The molecule has 0 atom stereocenters. The molecule has 0 saturated heterocycles. The van der Waals surface area contributed by atoms with Crippen molar-refractivity contribution in [3.8, 4) is 10.4 Å². The normalized spacial score (nSPS) is 10.1. The Kier molecular flexibility index (Phi) is 3.41. The van der Waals surface area contributed by atoms with Crippen molar-refractivity contribution < 1.29 is 9.53 Å². The van der Waals surface area contributed by atoms with E-state index >= 15 is 0 Å². The highest BCUT2D eigenvalue weighted by Crippen LogP contribution is 2.36. The molecule has 1 aromatic heterocycles. The van der Waals surface area contributed by atoms with Gasteiger partial charge in [-0.2, -0.15) is 0 Å². The molecule has 0 aliphatic heterocycles. The number of hydrogen-bond donors (Lipinski definition) is 0. The van der Waals surface area contributed by atoms with E-state index in [4.69, 9.17) is 4.74 Å². The van der Waals surface area contributed by atoms with E-state index in [1.54, 1.807) is 6.07 Å². The summed E-state index contributed by atoms with van der Waals surface area (Å²) < 4.78 is 5.61. The monoisotopic (exact) mass is 296 g/mol. The second-order valence-electron chi connectivity index (χ2n) is 3.15. The molecule has 0 unspecified atom stereocenters. The molecule has 0 aliphatic carbocycles. The van der Waals surface area contributed by atoms with Gasteiger partial charge in [0.1, 0.15) is 4.88 Å². The second-order valence-corrected chi connectivity index (χ2v) is 5.05. The minimum absolute atomic E-state index is 0.298. The molecule has 16 heavy (non-hydrogen) atoms. The maximum absolute atomic E-state index is 11.4. The third-order valence-corrected chi connectivity index (χ3v) is 4.16. The first-order chi connectivity index (χ1) is 7.72. The van der Waals surface area contributed by atoms with Gasteiger partial charge in [-0.25, -0.2) is 4.79 Å². The summed E-state index contributed by atoms with van der Waals surface area (Å²) in [4.78, 5) is 13.0. The van der Waals surface area contributed by atoms with Crippen molar-refractivity contribution in [3.05, 3.63) is 45.7 Å². The maximum atomic E-state index is 11.4. The van der Waals surface area contributed by atoms with Gasteiger partial charge in [-0.1, -0.05) is 30.3 Å².